The van der Waals surface area contributed by atoms with Crippen LogP contribution in [0.15, 0.2) is 4.52 Å². The van der Waals surface area contributed by atoms with Crippen molar-refractivity contribution in [2.45, 2.75) is 57.5 Å². The molecule has 0 aromatic carbocycles. The summed E-state index contributed by atoms with van der Waals surface area (Å²) in [5, 5.41) is 6.81. The molecule has 2 aliphatic rings. The van der Waals surface area contributed by atoms with Crippen LogP contribution in [0, 0.1) is 6.92 Å². The Morgan fingerprint density at radius 2 is 2.05 bits per heavy atom. The minimum absolute atomic E-state index is 0.00416. The maximum atomic E-state index is 12.9. The largest absolute Gasteiger partial charge is 0.342 e. The normalized spacial score (nSPS) is 22.2. The van der Waals surface area contributed by atoms with Gasteiger partial charge in [-0.25, -0.2) is 0 Å². The molecule has 2 heterocycles. The molecule has 0 bridgehead atoms. The number of hydrogen-bond donors (Lipinski definition) is 1. The molecule has 0 unspecified atom stereocenters. The molecule has 1 N–H and O–H groups in total. The fraction of sp³-hybridized carbons (Fsp3) is 0.714. The lowest BCUT2D eigenvalue weighted by Crippen LogP contribution is -2.58. The van der Waals surface area contributed by atoms with E-state index in [1.807, 2.05) is 0 Å². The van der Waals surface area contributed by atoms with Crippen molar-refractivity contribution in [2.24, 2.45) is 0 Å². The molecule has 0 radical (unpaired) electrons. The number of carbonyl (C=O) groups is 2. The standard InChI is InChI=1S/C14H20N4O3/c1-10-15-11(17-21-10)9-18-8-5-12(19)16-14(13(18)20)6-3-2-4-7-14/h2-9H2,1H3,(H,16,19). The Morgan fingerprint density at radius 1 is 1.29 bits per heavy atom. The lowest BCUT2D eigenvalue weighted by molar-refractivity contribution is -0.141. The van der Waals surface area contributed by atoms with E-state index in [-0.39, 0.29) is 11.8 Å². The lowest BCUT2D eigenvalue weighted by Gasteiger charge is -2.37. The molecular weight excluding hydrogens is 272 g/mol. The third-order valence-corrected chi connectivity index (χ3v) is 4.29. The number of amides is 2. The monoisotopic (exact) mass is 292 g/mol. The van der Waals surface area contributed by atoms with Crippen molar-refractivity contribution in [3.8, 4) is 0 Å². The van der Waals surface area contributed by atoms with Crippen molar-refractivity contribution in [1.29, 1.82) is 0 Å². The molecule has 1 saturated heterocycles. The van der Waals surface area contributed by atoms with Crippen LogP contribution in [0.4, 0.5) is 0 Å². The van der Waals surface area contributed by atoms with Crippen molar-refractivity contribution < 1.29 is 14.1 Å². The number of nitrogens with zero attached hydrogens (tertiary/aromatic N) is 3. The van der Waals surface area contributed by atoms with E-state index in [1.54, 1.807) is 11.8 Å². The van der Waals surface area contributed by atoms with E-state index in [1.165, 1.54) is 0 Å². The smallest absolute Gasteiger partial charge is 0.248 e. The average molecular weight is 292 g/mol. The summed E-state index contributed by atoms with van der Waals surface area (Å²) in [5.74, 6) is 0.919. The molecule has 1 saturated carbocycles. The number of carbonyl (C=O) groups excluding carboxylic acids is 2. The van der Waals surface area contributed by atoms with Crippen molar-refractivity contribution in [3.05, 3.63) is 11.7 Å². The third kappa shape index (κ3) is 2.77. The van der Waals surface area contributed by atoms with Crippen LogP contribution in [-0.2, 0) is 16.1 Å². The predicted octanol–water partition coefficient (Wildman–Crippen LogP) is 0.929. The molecule has 7 heteroatoms. The van der Waals surface area contributed by atoms with Crippen LogP contribution in [0.1, 0.15) is 50.2 Å². The van der Waals surface area contributed by atoms with E-state index < -0.39 is 5.54 Å². The predicted molar refractivity (Wildman–Crippen MR) is 73.0 cm³/mol. The van der Waals surface area contributed by atoms with Crippen LogP contribution >= 0.6 is 0 Å². The molecule has 3 rings (SSSR count). The van der Waals surface area contributed by atoms with Gasteiger partial charge in [-0.15, -0.1) is 0 Å². The SMILES string of the molecule is Cc1nc(CN2CCC(=O)NC3(CCCCC3)C2=O)no1. The van der Waals surface area contributed by atoms with Crippen LogP contribution in [0.3, 0.4) is 0 Å². The zero-order valence-corrected chi connectivity index (χ0v) is 12.2. The molecule has 1 aliphatic carbocycles. The molecule has 2 fully saturated rings. The van der Waals surface area contributed by atoms with E-state index in [4.69, 9.17) is 4.52 Å². The summed E-state index contributed by atoms with van der Waals surface area (Å²) in [7, 11) is 0. The van der Waals surface area contributed by atoms with Crippen LogP contribution in [0.25, 0.3) is 0 Å². The Labute approximate surface area is 123 Å². The van der Waals surface area contributed by atoms with Crippen LogP contribution < -0.4 is 5.32 Å². The van der Waals surface area contributed by atoms with Crippen LogP contribution in [-0.4, -0.2) is 38.9 Å². The molecule has 0 atom stereocenters. The molecule has 1 aromatic heterocycles. The number of aryl methyl sites for hydroxylation is 1. The third-order valence-electron chi connectivity index (χ3n) is 4.29. The minimum atomic E-state index is -0.718. The van der Waals surface area contributed by atoms with Gasteiger partial charge in [0.2, 0.25) is 17.7 Å². The minimum Gasteiger partial charge on any atom is -0.342 e. The van der Waals surface area contributed by atoms with E-state index in [9.17, 15) is 9.59 Å². The summed E-state index contributed by atoms with van der Waals surface area (Å²) >= 11 is 0. The van der Waals surface area contributed by atoms with Crippen molar-refractivity contribution in [3.63, 3.8) is 0 Å². The van der Waals surface area contributed by atoms with Gasteiger partial charge < -0.3 is 14.7 Å². The number of aromatic nitrogens is 2. The summed E-state index contributed by atoms with van der Waals surface area (Å²) in [6, 6.07) is 0. The number of nitrogens with one attached hydrogen (secondary N) is 1. The lowest BCUT2D eigenvalue weighted by atomic mass is 9.80. The molecule has 1 aliphatic heterocycles. The van der Waals surface area contributed by atoms with Gasteiger partial charge >= 0.3 is 0 Å². The first-order chi connectivity index (χ1) is 10.1. The van der Waals surface area contributed by atoms with E-state index >= 15 is 0 Å². The molecular formula is C14H20N4O3. The first-order valence-corrected chi connectivity index (χ1v) is 7.49. The van der Waals surface area contributed by atoms with E-state index in [2.05, 4.69) is 15.5 Å². The van der Waals surface area contributed by atoms with Gasteiger partial charge in [0.15, 0.2) is 5.82 Å². The van der Waals surface area contributed by atoms with E-state index in [0.29, 0.717) is 31.2 Å². The Kier molecular flexibility index (Phi) is 3.65. The second-order valence-corrected chi connectivity index (χ2v) is 5.90. The quantitative estimate of drug-likeness (QED) is 0.876. The topological polar surface area (TPSA) is 88.3 Å². The summed E-state index contributed by atoms with van der Waals surface area (Å²) in [5.41, 5.74) is -0.718. The Balaban J connectivity index is 1.82. The van der Waals surface area contributed by atoms with Crippen molar-refractivity contribution in [2.75, 3.05) is 6.54 Å². The van der Waals surface area contributed by atoms with Gasteiger partial charge in [0, 0.05) is 19.9 Å². The maximum absolute atomic E-state index is 12.9. The first kappa shape index (κ1) is 14.0. The van der Waals surface area contributed by atoms with Gasteiger partial charge in [-0.1, -0.05) is 24.4 Å². The zero-order chi connectivity index (χ0) is 14.9. The highest BCUT2D eigenvalue weighted by Gasteiger charge is 2.45. The van der Waals surface area contributed by atoms with Gasteiger partial charge in [-0.05, 0) is 12.8 Å². The zero-order valence-electron chi connectivity index (χ0n) is 12.2. The molecule has 1 spiro atoms. The fourth-order valence-corrected chi connectivity index (χ4v) is 3.24. The second-order valence-electron chi connectivity index (χ2n) is 5.90. The van der Waals surface area contributed by atoms with Gasteiger partial charge in [0.25, 0.3) is 0 Å². The summed E-state index contributed by atoms with van der Waals surface area (Å²) in [6.45, 7) is 2.42. The van der Waals surface area contributed by atoms with Gasteiger partial charge in [-0.3, -0.25) is 9.59 Å². The van der Waals surface area contributed by atoms with Crippen LogP contribution in [0.5, 0.6) is 0 Å². The molecule has 21 heavy (non-hydrogen) atoms. The first-order valence-electron chi connectivity index (χ1n) is 7.49. The fourth-order valence-electron chi connectivity index (χ4n) is 3.24. The maximum Gasteiger partial charge on any atom is 0.248 e. The summed E-state index contributed by atoms with van der Waals surface area (Å²) < 4.78 is 4.95. The van der Waals surface area contributed by atoms with Gasteiger partial charge in [0.1, 0.15) is 5.54 Å². The number of rotatable bonds is 2. The molecule has 7 nitrogen and oxygen atoms in total. The second kappa shape index (κ2) is 5.46. The van der Waals surface area contributed by atoms with Gasteiger partial charge in [0.05, 0.1) is 6.54 Å². The Morgan fingerprint density at radius 3 is 2.71 bits per heavy atom. The summed E-state index contributed by atoms with van der Waals surface area (Å²) in [4.78, 5) is 30.7. The van der Waals surface area contributed by atoms with E-state index in [0.717, 1.165) is 32.1 Å². The molecule has 114 valence electrons. The Bertz CT molecular complexity index is 548. The average Bonchev–Trinajstić information content (AvgIpc) is 2.84. The van der Waals surface area contributed by atoms with Gasteiger partial charge in [-0.2, -0.15) is 4.98 Å². The highest BCUT2D eigenvalue weighted by Crippen LogP contribution is 2.31. The highest BCUT2D eigenvalue weighted by molar-refractivity contribution is 5.93. The summed E-state index contributed by atoms with van der Waals surface area (Å²) in [6.07, 6.45) is 4.83. The van der Waals surface area contributed by atoms with Crippen LogP contribution in [0.2, 0.25) is 0 Å². The Hall–Kier alpha value is -1.92. The van der Waals surface area contributed by atoms with Crippen molar-refractivity contribution >= 4 is 11.8 Å². The number of hydrogen-bond acceptors (Lipinski definition) is 5. The van der Waals surface area contributed by atoms with Crippen molar-refractivity contribution in [1.82, 2.24) is 20.4 Å². The molecule has 2 amide bonds. The highest BCUT2D eigenvalue weighted by atomic mass is 16.5. The molecule has 1 aromatic rings.